The average Bonchev–Trinajstić information content (AvgIpc) is 3.48. The van der Waals surface area contributed by atoms with Gasteiger partial charge in [-0.25, -0.2) is 0 Å². The molecule has 0 spiro atoms. The summed E-state index contributed by atoms with van der Waals surface area (Å²) < 4.78 is 11.3. The minimum Gasteiger partial charge on any atom is -0.378 e. The first-order valence-corrected chi connectivity index (χ1v) is 14.1. The minimum absolute atomic E-state index is 0.324. The summed E-state index contributed by atoms with van der Waals surface area (Å²) in [6.45, 7) is 12.2. The van der Waals surface area contributed by atoms with E-state index in [1.165, 1.54) is 113 Å². The summed E-state index contributed by atoms with van der Waals surface area (Å²) in [6, 6.07) is 0. The number of rotatable bonds is 21. The fourth-order valence-electron chi connectivity index (χ4n) is 4.13. The molecule has 1 saturated heterocycles. The van der Waals surface area contributed by atoms with Gasteiger partial charge >= 0.3 is 0 Å². The average molecular weight is 427 g/mol. The molecule has 1 rings (SSSR count). The normalized spacial score (nSPS) is 18.8. The van der Waals surface area contributed by atoms with Crippen molar-refractivity contribution in [3.8, 4) is 0 Å². The van der Waals surface area contributed by atoms with E-state index in [0.29, 0.717) is 16.6 Å². The van der Waals surface area contributed by atoms with E-state index in [9.17, 15) is 0 Å². The van der Waals surface area contributed by atoms with E-state index in [-0.39, 0.29) is 0 Å². The van der Waals surface area contributed by atoms with E-state index in [2.05, 4.69) is 27.7 Å². The molecule has 2 unspecified atom stereocenters. The zero-order chi connectivity index (χ0) is 21.4. The number of unbranched alkanes of at least 4 members (excludes halogenated alkanes) is 14. The van der Waals surface area contributed by atoms with Crippen LogP contribution in [0.25, 0.3) is 0 Å². The lowest BCUT2D eigenvalue weighted by Crippen LogP contribution is -2.35. The summed E-state index contributed by atoms with van der Waals surface area (Å²) in [5.41, 5.74) is 0.324. The van der Waals surface area contributed by atoms with Crippen LogP contribution in [0.1, 0.15) is 130 Å². The third-order valence-electron chi connectivity index (χ3n) is 7.27. The molecule has 0 aromatic heterocycles. The van der Waals surface area contributed by atoms with Gasteiger partial charge in [-0.3, -0.25) is 0 Å². The fourth-order valence-corrected chi connectivity index (χ4v) is 4.52. The molecule has 0 aliphatic carbocycles. The second-order valence-corrected chi connectivity index (χ2v) is 13.5. The summed E-state index contributed by atoms with van der Waals surface area (Å²) in [7, 11) is 1.22. The smallest absolute Gasteiger partial charge is 0.104 e. The van der Waals surface area contributed by atoms with Gasteiger partial charge in [0.25, 0.3) is 0 Å². The van der Waals surface area contributed by atoms with E-state index in [1.54, 1.807) is 0 Å². The highest BCUT2D eigenvalue weighted by Gasteiger charge is 2.37. The monoisotopic (exact) mass is 426 g/mol. The zero-order valence-electron chi connectivity index (χ0n) is 20.8. The second kappa shape index (κ2) is 15.9. The van der Waals surface area contributed by atoms with E-state index >= 15 is 0 Å². The SMILES string of the molecule is CCCCCCCCCCCCCCCCCC(C)(COCC1CO1)C(C)(C)[SiH3]. The Morgan fingerprint density at radius 2 is 1.17 bits per heavy atom. The van der Waals surface area contributed by atoms with Crippen molar-refractivity contribution in [3.05, 3.63) is 0 Å². The maximum Gasteiger partial charge on any atom is 0.104 e. The molecule has 0 amide bonds. The van der Waals surface area contributed by atoms with Crippen molar-refractivity contribution in [3.63, 3.8) is 0 Å². The molecule has 0 radical (unpaired) electrons. The predicted octanol–water partition coefficient (Wildman–Crippen LogP) is 7.23. The number of epoxide rings is 1. The zero-order valence-corrected chi connectivity index (χ0v) is 22.8. The van der Waals surface area contributed by atoms with Gasteiger partial charge in [-0.05, 0) is 16.9 Å². The Hall–Kier alpha value is 0.137. The fraction of sp³-hybridized carbons (Fsp3) is 1.00. The van der Waals surface area contributed by atoms with E-state index < -0.39 is 0 Å². The summed E-state index contributed by atoms with van der Waals surface area (Å²) in [5.74, 6) is 0. The van der Waals surface area contributed by atoms with Gasteiger partial charge in [-0.15, -0.1) is 0 Å². The molecule has 174 valence electrons. The van der Waals surface area contributed by atoms with Crippen LogP contribution in [-0.4, -0.2) is 36.2 Å². The minimum atomic E-state index is 0.324. The maximum absolute atomic E-state index is 6.02. The molecule has 0 aromatic carbocycles. The largest absolute Gasteiger partial charge is 0.378 e. The van der Waals surface area contributed by atoms with Crippen molar-refractivity contribution in [2.45, 2.75) is 142 Å². The van der Waals surface area contributed by atoms with Gasteiger partial charge in [-0.2, -0.15) is 0 Å². The van der Waals surface area contributed by atoms with E-state index in [0.717, 1.165) is 19.8 Å². The summed E-state index contributed by atoms with van der Waals surface area (Å²) in [5, 5.41) is 0.424. The molecule has 3 heteroatoms. The van der Waals surface area contributed by atoms with Crippen molar-refractivity contribution >= 4 is 10.2 Å². The van der Waals surface area contributed by atoms with Gasteiger partial charge in [0.15, 0.2) is 0 Å². The molecule has 1 fully saturated rings. The van der Waals surface area contributed by atoms with E-state index in [4.69, 9.17) is 9.47 Å². The highest BCUT2D eigenvalue weighted by molar-refractivity contribution is 6.15. The van der Waals surface area contributed by atoms with Crippen LogP contribution in [0.2, 0.25) is 5.04 Å². The predicted molar refractivity (Wildman–Crippen MR) is 132 cm³/mol. The Balaban J connectivity index is 1.93. The second-order valence-electron chi connectivity index (χ2n) is 11.0. The highest BCUT2D eigenvalue weighted by Crippen LogP contribution is 2.46. The topological polar surface area (TPSA) is 21.8 Å². The Labute approximate surface area is 186 Å². The van der Waals surface area contributed by atoms with Crippen molar-refractivity contribution in [2.24, 2.45) is 5.41 Å². The van der Waals surface area contributed by atoms with Crippen LogP contribution in [0.3, 0.4) is 0 Å². The molecule has 0 aromatic rings. The summed E-state index contributed by atoms with van der Waals surface area (Å²) in [4.78, 5) is 0. The van der Waals surface area contributed by atoms with Crippen LogP contribution in [-0.2, 0) is 9.47 Å². The van der Waals surface area contributed by atoms with Gasteiger partial charge < -0.3 is 9.47 Å². The van der Waals surface area contributed by atoms with Crippen LogP contribution in [0.5, 0.6) is 0 Å². The number of hydrogen-bond acceptors (Lipinski definition) is 2. The Morgan fingerprint density at radius 3 is 1.55 bits per heavy atom. The van der Waals surface area contributed by atoms with Crippen molar-refractivity contribution < 1.29 is 9.47 Å². The molecule has 1 aliphatic rings. The standard InChI is InChI=1S/C26H54O2Si/c1-5-6-7-8-9-10-11-12-13-14-15-16-17-18-19-20-26(4,25(2,3)29)23-27-21-24-22-28-24/h24H,5-23H2,1-4,29H3. The lowest BCUT2D eigenvalue weighted by atomic mass is 9.74. The molecule has 2 atom stereocenters. The van der Waals surface area contributed by atoms with Gasteiger partial charge in [0, 0.05) is 10.2 Å². The third-order valence-corrected chi connectivity index (χ3v) is 8.48. The van der Waals surface area contributed by atoms with Crippen LogP contribution >= 0.6 is 0 Å². The van der Waals surface area contributed by atoms with Crippen molar-refractivity contribution in [1.82, 2.24) is 0 Å². The Morgan fingerprint density at radius 1 is 0.759 bits per heavy atom. The van der Waals surface area contributed by atoms with E-state index in [1.807, 2.05) is 0 Å². The van der Waals surface area contributed by atoms with Crippen LogP contribution in [0.4, 0.5) is 0 Å². The Bertz CT molecular complexity index is 375. The third kappa shape index (κ3) is 13.9. The first kappa shape index (κ1) is 27.2. The molecule has 1 heterocycles. The molecule has 2 nitrogen and oxygen atoms in total. The van der Waals surface area contributed by atoms with Crippen molar-refractivity contribution in [1.29, 1.82) is 0 Å². The first-order valence-electron chi connectivity index (χ1n) is 13.1. The van der Waals surface area contributed by atoms with Crippen molar-refractivity contribution in [2.75, 3.05) is 19.8 Å². The highest BCUT2D eigenvalue weighted by atomic mass is 28.1. The van der Waals surface area contributed by atoms with Gasteiger partial charge in [0.05, 0.1) is 19.8 Å². The van der Waals surface area contributed by atoms with Crippen LogP contribution in [0, 0.1) is 5.41 Å². The van der Waals surface area contributed by atoms with Gasteiger partial charge in [0.1, 0.15) is 6.10 Å². The molecular formula is C26H54O2Si. The first-order chi connectivity index (χ1) is 13.9. The summed E-state index contributed by atoms with van der Waals surface area (Å²) >= 11 is 0. The van der Waals surface area contributed by atoms with Gasteiger partial charge in [0.2, 0.25) is 0 Å². The molecule has 29 heavy (non-hydrogen) atoms. The lowest BCUT2D eigenvalue weighted by Gasteiger charge is -2.42. The van der Waals surface area contributed by atoms with Gasteiger partial charge in [-0.1, -0.05) is 124 Å². The summed E-state index contributed by atoms with van der Waals surface area (Å²) in [6.07, 6.45) is 23.3. The molecule has 0 saturated carbocycles. The number of ether oxygens (including phenoxy) is 2. The maximum atomic E-state index is 6.02. The Kier molecular flexibility index (Phi) is 14.9. The quantitative estimate of drug-likeness (QED) is 0.110. The van der Waals surface area contributed by atoms with Crippen LogP contribution in [0.15, 0.2) is 0 Å². The molecule has 1 aliphatic heterocycles. The number of hydrogen-bond donors (Lipinski definition) is 0. The molecular weight excluding hydrogens is 372 g/mol. The molecule has 0 bridgehead atoms. The lowest BCUT2D eigenvalue weighted by molar-refractivity contribution is 0.0185. The van der Waals surface area contributed by atoms with Crippen LogP contribution < -0.4 is 0 Å². The molecule has 0 N–H and O–H groups in total.